The highest BCUT2D eigenvalue weighted by Crippen LogP contribution is 2.09. The number of rotatable bonds is 11. The molecular weight excluding hydrogens is 336 g/mol. The fourth-order valence-corrected chi connectivity index (χ4v) is 2.92. The first kappa shape index (κ1) is 19.4. The van der Waals surface area contributed by atoms with E-state index in [2.05, 4.69) is 54.8 Å². The molecule has 0 atom stereocenters. The highest BCUT2D eigenvalue weighted by atomic mass is 32.1. The Hall–Kier alpha value is -1.93. The molecular formula is C17H28N6OS. The van der Waals surface area contributed by atoms with Gasteiger partial charge in [0.05, 0.1) is 6.54 Å². The first-order valence-electron chi connectivity index (χ1n) is 8.82. The van der Waals surface area contributed by atoms with Gasteiger partial charge in [0.15, 0.2) is 5.96 Å². The van der Waals surface area contributed by atoms with E-state index in [1.165, 1.54) is 4.88 Å². The normalized spacial score (nSPS) is 11.7. The smallest absolute Gasteiger partial charge is 0.191 e. The van der Waals surface area contributed by atoms with Gasteiger partial charge >= 0.3 is 0 Å². The molecule has 0 spiro atoms. The summed E-state index contributed by atoms with van der Waals surface area (Å²) in [5, 5.41) is 16.9. The monoisotopic (exact) mass is 364 g/mol. The Morgan fingerprint density at radius 2 is 2.20 bits per heavy atom. The van der Waals surface area contributed by atoms with Crippen molar-refractivity contribution in [3.8, 4) is 0 Å². The summed E-state index contributed by atoms with van der Waals surface area (Å²) in [6.07, 6.45) is 3.62. The standard InChI is InChI=1S/C17H28N6OS/c1-3-16-22-21-14-23(16)10-9-19-17(18-8-6-11-24-4-2)20-13-15-7-5-12-25-15/h5,7,12,14H,3-4,6,8-11,13H2,1-2H3,(H2,18,19,20). The van der Waals surface area contributed by atoms with Crippen LogP contribution in [0.2, 0.25) is 0 Å². The predicted octanol–water partition coefficient (Wildman–Crippen LogP) is 2.06. The van der Waals surface area contributed by atoms with Gasteiger partial charge in [0.1, 0.15) is 12.2 Å². The van der Waals surface area contributed by atoms with E-state index in [1.54, 1.807) is 17.7 Å². The van der Waals surface area contributed by atoms with Gasteiger partial charge in [0.2, 0.25) is 0 Å². The molecule has 2 heterocycles. The Labute approximate surface area is 153 Å². The highest BCUT2D eigenvalue weighted by molar-refractivity contribution is 7.09. The zero-order valence-corrected chi connectivity index (χ0v) is 15.9. The lowest BCUT2D eigenvalue weighted by molar-refractivity contribution is 0.145. The van der Waals surface area contributed by atoms with E-state index in [9.17, 15) is 0 Å². The van der Waals surface area contributed by atoms with Gasteiger partial charge < -0.3 is 19.9 Å². The van der Waals surface area contributed by atoms with Gasteiger partial charge in [-0.25, -0.2) is 4.99 Å². The molecule has 0 fully saturated rings. The summed E-state index contributed by atoms with van der Waals surface area (Å²) in [5.74, 6) is 1.83. The van der Waals surface area contributed by atoms with Gasteiger partial charge in [-0.3, -0.25) is 0 Å². The molecule has 0 radical (unpaired) electrons. The quantitative estimate of drug-likeness (QED) is 0.363. The average Bonchev–Trinajstić information content (AvgIpc) is 3.30. The fraction of sp³-hybridized carbons (Fsp3) is 0.588. The van der Waals surface area contributed by atoms with Crippen molar-refractivity contribution in [1.82, 2.24) is 25.4 Å². The second-order valence-corrected chi connectivity index (χ2v) is 6.47. The average molecular weight is 365 g/mol. The van der Waals surface area contributed by atoms with Crippen LogP contribution < -0.4 is 10.6 Å². The maximum absolute atomic E-state index is 5.37. The molecule has 0 saturated heterocycles. The van der Waals surface area contributed by atoms with Crippen LogP contribution in [0.15, 0.2) is 28.8 Å². The second kappa shape index (κ2) is 11.6. The van der Waals surface area contributed by atoms with Gasteiger partial charge in [-0.05, 0) is 24.8 Å². The summed E-state index contributed by atoms with van der Waals surface area (Å²) < 4.78 is 7.44. The zero-order valence-electron chi connectivity index (χ0n) is 15.1. The molecule has 138 valence electrons. The van der Waals surface area contributed by atoms with Crippen molar-refractivity contribution in [1.29, 1.82) is 0 Å². The second-order valence-electron chi connectivity index (χ2n) is 5.44. The van der Waals surface area contributed by atoms with Crippen LogP contribution in [-0.2, 0) is 24.2 Å². The molecule has 2 rings (SSSR count). The van der Waals surface area contributed by atoms with Crippen molar-refractivity contribution < 1.29 is 4.74 Å². The molecule has 25 heavy (non-hydrogen) atoms. The summed E-state index contributed by atoms with van der Waals surface area (Å²) in [4.78, 5) is 5.92. The van der Waals surface area contributed by atoms with Crippen LogP contribution in [0.25, 0.3) is 0 Å². The zero-order chi connectivity index (χ0) is 17.7. The number of hydrogen-bond acceptors (Lipinski definition) is 5. The maximum atomic E-state index is 5.37. The minimum Gasteiger partial charge on any atom is -0.382 e. The van der Waals surface area contributed by atoms with Gasteiger partial charge in [-0.2, -0.15) is 0 Å². The Balaban J connectivity index is 1.81. The molecule has 0 saturated carbocycles. The molecule has 0 aliphatic carbocycles. The Morgan fingerprint density at radius 1 is 1.32 bits per heavy atom. The molecule has 0 bridgehead atoms. The van der Waals surface area contributed by atoms with Crippen molar-refractivity contribution in [2.45, 2.75) is 39.8 Å². The van der Waals surface area contributed by atoms with Crippen LogP contribution in [0.5, 0.6) is 0 Å². The third-order valence-corrected chi connectivity index (χ3v) is 4.45. The number of guanidine groups is 1. The Morgan fingerprint density at radius 3 is 2.96 bits per heavy atom. The molecule has 0 aliphatic rings. The lowest BCUT2D eigenvalue weighted by Crippen LogP contribution is -2.39. The molecule has 0 unspecified atom stereocenters. The van der Waals surface area contributed by atoms with Gasteiger partial charge in [0, 0.05) is 44.1 Å². The minimum atomic E-state index is 0.686. The number of aryl methyl sites for hydroxylation is 1. The summed E-state index contributed by atoms with van der Waals surface area (Å²) in [5.41, 5.74) is 0. The van der Waals surface area contributed by atoms with Gasteiger partial charge in [-0.15, -0.1) is 21.5 Å². The molecule has 0 aromatic carbocycles. The van der Waals surface area contributed by atoms with E-state index < -0.39 is 0 Å². The number of nitrogens with zero attached hydrogens (tertiary/aromatic N) is 4. The first-order valence-corrected chi connectivity index (χ1v) is 9.70. The predicted molar refractivity (Wildman–Crippen MR) is 102 cm³/mol. The van der Waals surface area contributed by atoms with Gasteiger partial charge in [0.25, 0.3) is 0 Å². The SMILES string of the molecule is CCOCCCNC(=NCc1cccs1)NCCn1cnnc1CC. The molecule has 0 aliphatic heterocycles. The van der Waals surface area contributed by atoms with E-state index >= 15 is 0 Å². The van der Waals surface area contributed by atoms with Crippen LogP contribution in [0.1, 0.15) is 31.0 Å². The third-order valence-electron chi connectivity index (χ3n) is 3.59. The van der Waals surface area contributed by atoms with Crippen molar-refractivity contribution in [2.24, 2.45) is 4.99 Å². The van der Waals surface area contributed by atoms with E-state index in [0.29, 0.717) is 6.54 Å². The Bertz CT molecular complexity index is 610. The number of aliphatic imine (C=N–C) groups is 1. The van der Waals surface area contributed by atoms with Gasteiger partial charge in [-0.1, -0.05) is 13.0 Å². The van der Waals surface area contributed by atoms with E-state index in [0.717, 1.165) is 57.5 Å². The molecule has 2 N–H and O–H groups in total. The summed E-state index contributed by atoms with van der Waals surface area (Å²) in [7, 11) is 0. The fourth-order valence-electron chi connectivity index (χ4n) is 2.29. The van der Waals surface area contributed by atoms with Crippen molar-refractivity contribution in [3.05, 3.63) is 34.5 Å². The number of nitrogens with one attached hydrogen (secondary N) is 2. The van der Waals surface area contributed by atoms with Crippen molar-refractivity contribution in [3.63, 3.8) is 0 Å². The van der Waals surface area contributed by atoms with E-state index in [-0.39, 0.29) is 0 Å². The summed E-state index contributed by atoms with van der Waals surface area (Å²) in [6.45, 7) is 8.73. The minimum absolute atomic E-state index is 0.686. The van der Waals surface area contributed by atoms with Crippen LogP contribution >= 0.6 is 11.3 Å². The highest BCUT2D eigenvalue weighted by Gasteiger charge is 2.03. The van der Waals surface area contributed by atoms with Crippen LogP contribution in [-0.4, -0.2) is 47.0 Å². The lowest BCUT2D eigenvalue weighted by Gasteiger charge is -2.13. The lowest BCUT2D eigenvalue weighted by atomic mass is 10.4. The summed E-state index contributed by atoms with van der Waals surface area (Å²) in [6, 6.07) is 4.15. The first-order chi connectivity index (χ1) is 12.3. The van der Waals surface area contributed by atoms with E-state index in [4.69, 9.17) is 4.74 Å². The summed E-state index contributed by atoms with van der Waals surface area (Å²) >= 11 is 1.72. The molecule has 8 heteroatoms. The van der Waals surface area contributed by atoms with Crippen molar-refractivity contribution >= 4 is 17.3 Å². The molecule has 0 amide bonds. The molecule has 2 aromatic rings. The van der Waals surface area contributed by atoms with Crippen LogP contribution in [0.3, 0.4) is 0 Å². The van der Waals surface area contributed by atoms with E-state index in [1.807, 2.05) is 6.92 Å². The Kier molecular flexibility index (Phi) is 9.00. The van der Waals surface area contributed by atoms with Crippen molar-refractivity contribution in [2.75, 3.05) is 26.3 Å². The molecule has 2 aromatic heterocycles. The number of hydrogen-bond donors (Lipinski definition) is 2. The number of ether oxygens (including phenoxy) is 1. The van der Waals surface area contributed by atoms with Crippen LogP contribution in [0.4, 0.5) is 0 Å². The molecule has 7 nitrogen and oxygen atoms in total. The number of thiophene rings is 1. The largest absolute Gasteiger partial charge is 0.382 e. The number of aromatic nitrogens is 3. The van der Waals surface area contributed by atoms with Crippen LogP contribution in [0, 0.1) is 0 Å². The maximum Gasteiger partial charge on any atom is 0.191 e. The topological polar surface area (TPSA) is 76.4 Å². The third kappa shape index (κ3) is 7.23.